The Morgan fingerprint density at radius 1 is 1.00 bits per heavy atom. The van der Waals surface area contributed by atoms with E-state index in [9.17, 15) is 14.0 Å². The molecule has 0 unspecified atom stereocenters. The molecule has 4 aromatic rings. The highest BCUT2D eigenvalue weighted by atomic mass is 32.1. The van der Waals surface area contributed by atoms with Crippen LogP contribution in [0.15, 0.2) is 90.3 Å². The van der Waals surface area contributed by atoms with E-state index < -0.39 is 5.82 Å². The zero-order chi connectivity index (χ0) is 23.9. The van der Waals surface area contributed by atoms with Crippen molar-refractivity contribution in [1.29, 1.82) is 0 Å². The van der Waals surface area contributed by atoms with E-state index in [-0.39, 0.29) is 17.5 Å². The number of benzene rings is 3. The molecule has 0 saturated carbocycles. The van der Waals surface area contributed by atoms with Gasteiger partial charge in [0.15, 0.2) is 5.13 Å². The van der Waals surface area contributed by atoms with Crippen LogP contribution in [0, 0.1) is 5.82 Å². The zero-order valence-electron chi connectivity index (χ0n) is 18.4. The minimum atomic E-state index is -0.515. The summed E-state index contributed by atoms with van der Waals surface area (Å²) < 4.78 is 14.2. The van der Waals surface area contributed by atoms with Gasteiger partial charge < -0.3 is 5.32 Å². The number of hydrogen-bond acceptors (Lipinski definition) is 4. The third kappa shape index (κ3) is 5.63. The maximum absolute atomic E-state index is 14.2. The minimum Gasteiger partial charge on any atom is -0.322 e. The second-order valence-corrected chi connectivity index (χ2v) is 8.34. The lowest BCUT2D eigenvalue weighted by molar-refractivity contribution is -0.116. The van der Waals surface area contributed by atoms with Gasteiger partial charge in [-0.3, -0.25) is 14.5 Å². The van der Waals surface area contributed by atoms with Crippen molar-refractivity contribution in [2.24, 2.45) is 0 Å². The molecule has 1 aromatic heterocycles. The van der Waals surface area contributed by atoms with Gasteiger partial charge >= 0.3 is 0 Å². The van der Waals surface area contributed by atoms with Gasteiger partial charge in [0, 0.05) is 24.1 Å². The van der Waals surface area contributed by atoms with Gasteiger partial charge in [-0.2, -0.15) is 0 Å². The highest BCUT2D eigenvalue weighted by Gasteiger charge is 2.20. The van der Waals surface area contributed by atoms with Crippen molar-refractivity contribution in [3.8, 4) is 0 Å². The molecule has 34 heavy (non-hydrogen) atoms. The van der Waals surface area contributed by atoms with Crippen LogP contribution in [0.2, 0.25) is 0 Å². The van der Waals surface area contributed by atoms with Crippen LogP contribution in [0.3, 0.4) is 0 Å². The van der Waals surface area contributed by atoms with Crippen molar-refractivity contribution in [2.75, 3.05) is 10.2 Å². The first-order valence-corrected chi connectivity index (χ1v) is 11.5. The predicted molar refractivity (Wildman–Crippen MR) is 135 cm³/mol. The molecule has 5 nitrogen and oxygen atoms in total. The summed E-state index contributed by atoms with van der Waals surface area (Å²) in [5.74, 6) is -1.17. The van der Waals surface area contributed by atoms with Crippen LogP contribution < -0.4 is 10.2 Å². The third-order valence-electron chi connectivity index (χ3n) is 5.03. The van der Waals surface area contributed by atoms with Crippen LogP contribution in [-0.2, 0) is 16.0 Å². The van der Waals surface area contributed by atoms with Gasteiger partial charge in [-0.25, -0.2) is 9.37 Å². The first-order chi connectivity index (χ1) is 16.5. The van der Waals surface area contributed by atoms with E-state index in [1.54, 1.807) is 23.6 Å². The van der Waals surface area contributed by atoms with E-state index in [1.165, 1.54) is 41.4 Å². The molecule has 7 heteroatoms. The second-order valence-electron chi connectivity index (χ2n) is 7.50. The van der Waals surface area contributed by atoms with Crippen molar-refractivity contribution < 1.29 is 14.0 Å². The van der Waals surface area contributed by atoms with Gasteiger partial charge in [-0.15, -0.1) is 11.3 Å². The number of nitrogens with one attached hydrogen (secondary N) is 1. The number of rotatable bonds is 7. The summed E-state index contributed by atoms with van der Waals surface area (Å²) in [5.41, 5.74) is 3.53. The molecule has 1 N–H and O–H groups in total. The summed E-state index contributed by atoms with van der Waals surface area (Å²) >= 11 is 1.19. The molecular formula is C27H22FN3O2S. The third-order valence-corrected chi connectivity index (χ3v) is 5.87. The number of amides is 2. The Hall–Kier alpha value is -4.10. The number of hydrogen-bond donors (Lipinski definition) is 1. The molecule has 0 bridgehead atoms. The SMILES string of the molecule is CC(=O)N(c1nc(/C=C/C(=O)Nc2ccccc2Cc2ccccc2)cs1)c1ccccc1F. The fraction of sp³-hybridized carbons (Fsp3) is 0.0741. The number of para-hydroxylation sites is 2. The van der Waals surface area contributed by atoms with Gasteiger partial charge in [-0.1, -0.05) is 60.7 Å². The summed E-state index contributed by atoms with van der Waals surface area (Å²) in [7, 11) is 0. The summed E-state index contributed by atoms with van der Waals surface area (Å²) in [4.78, 5) is 30.4. The van der Waals surface area contributed by atoms with Gasteiger partial charge in [0.1, 0.15) is 5.82 Å². The summed E-state index contributed by atoms with van der Waals surface area (Å²) in [6, 6.07) is 23.7. The quantitative estimate of drug-likeness (QED) is 0.326. The van der Waals surface area contributed by atoms with Gasteiger partial charge in [-0.05, 0) is 41.8 Å². The van der Waals surface area contributed by atoms with Crippen LogP contribution >= 0.6 is 11.3 Å². The Bertz CT molecular complexity index is 1330. The summed E-state index contributed by atoms with van der Waals surface area (Å²) in [5, 5.41) is 4.95. The lowest BCUT2D eigenvalue weighted by atomic mass is 10.0. The molecule has 3 aromatic carbocycles. The number of carbonyl (C=O) groups is 2. The maximum atomic E-state index is 14.2. The van der Waals surface area contributed by atoms with Gasteiger partial charge in [0.2, 0.25) is 11.8 Å². The number of thiazole rings is 1. The molecule has 0 aliphatic carbocycles. The largest absolute Gasteiger partial charge is 0.322 e. The average Bonchev–Trinajstić information content (AvgIpc) is 3.29. The Morgan fingerprint density at radius 3 is 2.47 bits per heavy atom. The topological polar surface area (TPSA) is 62.3 Å². The first-order valence-electron chi connectivity index (χ1n) is 10.6. The maximum Gasteiger partial charge on any atom is 0.248 e. The summed E-state index contributed by atoms with van der Waals surface area (Å²) in [6.45, 7) is 1.35. The fourth-order valence-corrected chi connectivity index (χ4v) is 4.29. The van der Waals surface area contributed by atoms with Crippen LogP contribution in [0.5, 0.6) is 0 Å². The van der Waals surface area contributed by atoms with Crippen LogP contribution in [0.4, 0.5) is 20.9 Å². The Labute approximate surface area is 201 Å². The predicted octanol–water partition coefficient (Wildman–Crippen LogP) is 6.21. The molecule has 4 rings (SSSR count). The van der Waals surface area contributed by atoms with E-state index in [0.717, 1.165) is 16.8 Å². The Kier molecular flexibility index (Phi) is 7.25. The zero-order valence-corrected chi connectivity index (χ0v) is 19.3. The molecule has 170 valence electrons. The van der Waals surface area contributed by atoms with E-state index >= 15 is 0 Å². The number of anilines is 3. The van der Waals surface area contributed by atoms with Crippen molar-refractivity contribution in [1.82, 2.24) is 4.98 Å². The van der Waals surface area contributed by atoms with Crippen molar-refractivity contribution in [3.63, 3.8) is 0 Å². The van der Waals surface area contributed by atoms with E-state index in [1.807, 2.05) is 54.6 Å². The molecule has 0 saturated heterocycles. The van der Waals surface area contributed by atoms with E-state index in [2.05, 4.69) is 10.3 Å². The van der Waals surface area contributed by atoms with Crippen LogP contribution in [0.1, 0.15) is 23.7 Å². The van der Waals surface area contributed by atoms with Gasteiger partial charge in [0.05, 0.1) is 11.4 Å². The molecule has 0 atom stereocenters. The number of halogens is 1. The Morgan fingerprint density at radius 2 is 1.71 bits per heavy atom. The van der Waals surface area contributed by atoms with Crippen molar-refractivity contribution >= 4 is 45.7 Å². The normalized spacial score (nSPS) is 10.9. The molecule has 0 fully saturated rings. The van der Waals surface area contributed by atoms with Crippen molar-refractivity contribution in [2.45, 2.75) is 13.3 Å². The molecule has 2 amide bonds. The molecule has 0 aliphatic rings. The number of carbonyl (C=O) groups excluding carboxylic acids is 2. The minimum absolute atomic E-state index is 0.132. The lowest BCUT2D eigenvalue weighted by Gasteiger charge is -2.18. The standard InChI is InChI=1S/C27H22FN3O2S/c1-19(32)31(25-14-8-6-12-23(25)28)27-29-22(18-34-27)15-16-26(33)30-24-13-7-5-11-21(24)17-20-9-3-2-4-10-20/h2-16,18H,17H2,1H3,(H,30,33)/b16-15+. The van der Waals surface area contributed by atoms with Crippen LogP contribution in [-0.4, -0.2) is 16.8 Å². The monoisotopic (exact) mass is 471 g/mol. The summed E-state index contributed by atoms with van der Waals surface area (Å²) in [6.07, 6.45) is 3.65. The first kappa shape index (κ1) is 23.1. The molecule has 0 aliphatic heterocycles. The molecule has 0 radical (unpaired) electrons. The lowest BCUT2D eigenvalue weighted by Crippen LogP contribution is -2.23. The van der Waals surface area contributed by atoms with Gasteiger partial charge in [0.25, 0.3) is 0 Å². The van der Waals surface area contributed by atoms with E-state index in [4.69, 9.17) is 0 Å². The Balaban J connectivity index is 1.47. The molecule has 1 heterocycles. The fourth-order valence-electron chi connectivity index (χ4n) is 3.44. The van der Waals surface area contributed by atoms with E-state index in [0.29, 0.717) is 17.2 Å². The molecular weight excluding hydrogens is 449 g/mol. The second kappa shape index (κ2) is 10.7. The highest BCUT2D eigenvalue weighted by molar-refractivity contribution is 7.14. The smallest absolute Gasteiger partial charge is 0.248 e. The number of aromatic nitrogens is 1. The average molecular weight is 472 g/mol. The molecule has 0 spiro atoms. The van der Waals surface area contributed by atoms with Crippen LogP contribution in [0.25, 0.3) is 6.08 Å². The van der Waals surface area contributed by atoms with Crippen molar-refractivity contribution in [3.05, 3.63) is 113 Å². The highest BCUT2D eigenvalue weighted by Crippen LogP contribution is 2.31. The number of nitrogens with zero attached hydrogens (tertiary/aromatic N) is 2.